The topological polar surface area (TPSA) is 13.1 Å². The molecule has 0 bridgehead atoms. The Labute approximate surface area is 552 Å². The highest BCUT2D eigenvalue weighted by Gasteiger charge is 2.48. The molecule has 1 aliphatic carbocycles. The van der Waals surface area contributed by atoms with E-state index in [-0.39, 0.29) is 6.71 Å². The van der Waals surface area contributed by atoms with Gasteiger partial charge in [-0.2, -0.15) is 0 Å². The molecule has 4 heteroatoms. The van der Waals surface area contributed by atoms with Crippen molar-refractivity contribution in [3.05, 3.63) is 374 Å². The smallest absolute Gasteiger partial charge is 0.252 e. The average molecular weight is 1200 g/mol. The zero-order chi connectivity index (χ0) is 62.3. The lowest BCUT2D eigenvalue weighted by atomic mass is 9.33. The summed E-state index contributed by atoms with van der Waals surface area (Å²) in [6, 6.07) is 132. The number of hydrogen-bond donors (Lipinski definition) is 0. The number of fused-ring (bicyclic) bond motifs is 13. The van der Waals surface area contributed by atoms with Crippen LogP contribution in [0.15, 0.2) is 352 Å². The molecule has 2 aromatic heterocycles. The van der Waals surface area contributed by atoms with Crippen molar-refractivity contribution in [2.24, 2.45) is 0 Å². The molecule has 4 heterocycles. The number of anilines is 3. The molecule has 95 heavy (non-hydrogen) atoms. The summed E-state index contributed by atoms with van der Waals surface area (Å²) in [5, 5.41) is 4.87. The maximum absolute atomic E-state index is 2.70. The Morgan fingerprint density at radius 2 is 0.747 bits per heavy atom. The Bertz CT molecular complexity index is 5900. The van der Waals surface area contributed by atoms with Crippen LogP contribution in [-0.2, 0) is 5.41 Å². The molecule has 15 aromatic carbocycles. The van der Waals surface area contributed by atoms with Gasteiger partial charge in [0.1, 0.15) is 0 Å². The number of benzene rings is 15. The van der Waals surface area contributed by atoms with Crippen molar-refractivity contribution in [1.29, 1.82) is 0 Å². The van der Waals surface area contributed by atoms with Gasteiger partial charge in [-0.25, -0.2) is 0 Å². The van der Waals surface area contributed by atoms with Crippen LogP contribution in [0.3, 0.4) is 0 Å². The van der Waals surface area contributed by atoms with Crippen LogP contribution in [0.25, 0.3) is 122 Å². The van der Waals surface area contributed by atoms with Gasteiger partial charge in [0.25, 0.3) is 6.71 Å². The zero-order valence-electron chi connectivity index (χ0n) is 51.9. The van der Waals surface area contributed by atoms with Gasteiger partial charge in [0.05, 0.1) is 27.7 Å². The van der Waals surface area contributed by atoms with Crippen LogP contribution in [-0.4, -0.2) is 15.8 Å². The van der Waals surface area contributed by atoms with Gasteiger partial charge in [-0.15, -0.1) is 0 Å². The first-order valence-corrected chi connectivity index (χ1v) is 33.1. The monoisotopic (exact) mass is 1200 g/mol. The molecule has 0 radical (unpaired) electrons. The molecule has 440 valence electrons. The molecule has 0 saturated heterocycles. The van der Waals surface area contributed by atoms with Crippen LogP contribution >= 0.6 is 0 Å². The lowest BCUT2D eigenvalue weighted by Gasteiger charge is -2.41. The second-order valence-corrected chi connectivity index (χ2v) is 25.8. The summed E-state index contributed by atoms with van der Waals surface area (Å²) in [6.45, 7) is -0.209. The van der Waals surface area contributed by atoms with Gasteiger partial charge < -0.3 is 14.0 Å². The van der Waals surface area contributed by atoms with E-state index in [4.69, 9.17) is 0 Å². The predicted octanol–water partition coefficient (Wildman–Crippen LogP) is 21.2. The van der Waals surface area contributed by atoms with E-state index in [1.54, 1.807) is 0 Å². The minimum Gasteiger partial charge on any atom is -0.311 e. The molecular formula is C91H58BN3. The molecule has 2 aliphatic heterocycles. The summed E-state index contributed by atoms with van der Waals surface area (Å²) in [5.74, 6) is 0. The maximum atomic E-state index is 2.70. The van der Waals surface area contributed by atoms with Crippen LogP contribution in [0.4, 0.5) is 17.1 Å². The molecule has 0 atom stereocenters. The lowest BCUT2D eigenvalue weighted by Crippen LogP contribution is -2.60. The van der Waals surface area contributed by atoms with E-state index in [9.17, 15) is 0 Å². The van der Waals surface area contributed by atoms with Crippen molar-refractivity contribution < 1.29 is 0 Å². The second kappa shape index (κ2) is 20.9. The fourth-order valence-electron chi connectivity index (χ4n) is 16.9. The molecule has 3 nitrogen and oxygen atoms in total. The van der Waals surface area contributed by atoms with Crippen molar-refractivity contribution >= 4 is 83.8 Å². The highest BCUT2D eigenvalue weighted by Crippen LogP contribution is 2.58. The molecule has 17 aromatic rings. The Hall–Kier alpha value is -12.2. The number of nitrogens with zero attached hydrogens (tertiary/aromatic N) is 3. The third-order valence-corrected chi connectivity index (χ3v) is 20.9. The van der Waals surface area contributed by atoms with Gasteiger partial charge in [-0.1, -0.05) is 279 Å². The summed E-state index contributed by atoms with van der Waals surface area (Å²) < 4.78 is 5.23. The fourth-order valence-corrected chi connectivity index (χ4v) is 16.9. The van der Waals surface area contributed by atoms with Crippen molar-refractivity contribution in [3.8, 4) is 78.1 Å². The SMILES string of the molecule is c1ccc(-c2cccc(-c3ccccc3N3c4cc5c6ccc(-c7ccccc7)cc6n(-c6ccccc6)c5cc4B4c5c3cc(-c3ccccc3)cc5-n3c5cc6c(cc5c5cc(-c7ccccc7)cc4c53)-c3ccccc3C6(c3ccccc3)c3ccccc3)c2)cc1. The van der Waals surface area contributed by atoms with Crippen molar-refractivity contribution in [3.63, 3.8) is 0 Å². The van der Waals surface area contributed by atoms with Crippen molar-refractivity contribution in [1.82, 2.24) is 9.13 Å². The Morgan fingerprint density at radius 1 is 0.242 bits per heavy atom. The van der Waals surface area contributed by atoms with E-state index in [1.807, 2.05) is 0 Å². The highest BCUT2D eigenvalue weighted by molar-refractivity contribution is 7.00. The third-order valence-electron chi connectivity index (χ3n) is 20.9. The lowest BCUT2D eigenvalue weighted by molar-refractivity contribution is 0.769. The molecule has 0 fully saturated rings. The number of aromatic nitrogens is 2. The summed E-state index contributed by atoms with van der Waals surface area (Å²) >= 11 is 0. The number of para-hydroxylation sites is 2. The van der Waals surface area contributed by atoms with E-state index in [0.717, 1.165) is 50.5 Å². The first kappa shape index (κ1) is 53.4. The minimum atomic E-state index is -0.610. The van der Waals surface area contributed by atoms with Gasteiger partial charge in [0, 0.05) is 55.4 Å². The molecule has 0 spiro atoms. The van der Waals surface area contributed by atoms with Gasteiger partial charge in [-0.05, 0) is 173 Å². The maximum Gasteiger partial charge on any atom is 0.252 e. The van der Waals surface area contributed by atoms with E-state index >= 15 is 0 Å². The zero-order valence-corrected chi connectivity index (χ0v) is 51.9. The van der Waals surface area contributed by atoms with Crippen molar-refractivity contribution in [2.45, 2.75) is 5.41 Å². The first-order chi connectivity index (χ1) is 47.1. The van der Waals surface area contributed by atoms with Crippen LogP contribution in [0.5, 0.6) is 0 Å². The predicted molar refractivity (Wildman–Crippen MR) is 399 cm³/mol. The van der Waals surface area contributed by atoms with Crippen LogP contribution in [0.1, 0.15) is 22.3 Å². The summed E-state index contributed by atoms with van der Waals surface area (Å²) in [4.78, 5) is 2.66. The molecule has 0 N–H and O–H groups in total. The summed E-state index contributed by atoms with van der Waals surface area (Å²) in [7, 11) is 0. The first-order valence-electron chi connectivity index (χ1n) is 33.1. The molecular weight excluding hydrogens is 1150 g/mol. The summed E-state index contributed by atoms with van der Waals surface area (Å²) in [6.07, 6.45) is 0. The van der Waals surface area contributed by atoms with E-state index in [0.29, 0.717) is 0 Å². The molecule has 20 rings (SSSR count). The van der Waals surface area contributed by atoms with Crippen molar-refractivity contribution in [2.75, 3.05) is 4.90 Å². The second-order valence-electron chi connectivity index (χ2n) is 25.8. The van der Waals surface area contributed by atoms with E-state index < -0.39 is 5.41 Å². The molecule has 0 unspecified atom stereocenters. The minimum absolute atomic E-state index is 0.209. The molecule has 0 amide bonds. The summed E-state index contributed by atoms with van der Waals surface area (Å²) in [5.41, 5.74) is 33.0. The molecule has 3 aliphatic rings. The third kappa shape index (κ3) is 7.89. The average Bonchev–Trinajstić information content (AvgIpc) is 0.935. The van der Waals surface area contributed by atoms with Crippen LogP contribution in [0.2, 0.25) is 0 Å². The van der Waals surface area contributed by atoms with E-state index in [1.165, 1.54) is 127 Å². The van der Waals surface area contributed by atoms with E-state index in [2.05, 4.69) is 366 Å². The standard InChI is InChI=1S/C91H58BN3/c1-8-27-59(28-9-1)63-35-26-36-65(49-63)71-43-23-25-46-82(71)94-86-56-76-73-48-47-64(60-29-10-2-11-30-60)52-83(73)93(70-41-20-7-21-42-70)85(76)58-80(86)92-81-51-66(61-31-12-3-13-32-61)50-77-75-55-74-72-44-22-24-45-78(72)91(68-37-16-5-17-38-68,69-39-18-6-19-40-69)79(74)57-84(75)95(90(77)81)88-54-67(53-87(94)89(88)92)62-33-14-4-15-34-62/h1-58H. The fraction of sp³-hybridized carbons (Fsp3) is 0.0110. The highest BCUT2D eigenvalue weighted by atomic mass is 15.2. The normalized spacial score (nSPS) is 13.1. The largest absolute Gasteiger partial charge is 0.311 e. The Balaban J connectivity index is 0.959. The quantitative estimate of drug-likeness (QED) is 0.131. The van der Waals surface area contributed by atoms with Crippen LogP contribution in [0, 0.1) is 0 Å². The van der Waals surface area contributed by atoms with Gasteiger partial charge >= 0.3 is 0 Å². The van der Waals surface area contributed by atoms with Gasteiger partial charge in [-0.3, -0.25) is 0 Å². The number of rotatable bonds is 9. The Kier molecular flexibility index (Phi) is 11.8. The van der Waals surface area contributed by atoms with Gasteiger partial charge in [0.2, 0.25) is 0 Å². The van der Waals surface area contributed by atoms with Crippen LogP contribution < -0.4 is 21.3 Å². The molecule has 0 saturated carbocycles. The van der Waals surface area contributed by atoms with Gasteiger partial charge in [0.15, 0.2) is 0 Å². The number of hydrogen-bond acceptors (Lipinski definition) is 1. The Morgan fingerprint density at radius 3 is 1.41 bits per heavy atom.